The van der Waals surface area contributed by atoms with Crippen LogP contribution in [-0.4, -0.2) is 31.6 Å². The molecule has 110 valence electrons. The minimum Gasteiger partial charge on any atom is -0.464 e. The summed E-state index contributed by atoms with van der Waals surface area (Å²) in [7, 11) is 1.77. The molecule has 0 spiro atoms. The quantitative estimate of drug-likeness (QED) is 0.733. The zero-order valence-corrected chi connectivity index (χ0v) is 11.9. The second kappa shape index (κ2) is 9.09. The highest BCUT2D eigenvalue weighted by atomic mass is 16.5. The molecule has 5 nitrogen and oxygen atoms in total. The Labute approximate surface area is 119 Å². The summed E-state index contributed by atoms with van der Waals surface area (Å²) in [6.07, 6.45) is 0.858. The maximum Gasteiger partial charge on any atom is 0.306 e. The molecule has 1 atom stereocenters. The first-order valence-electron chi connectivity index (χ1n) is 6.62. The van der Waals surface area contributed by atoms with Crippen LogP contribution in [0.1, 0.15) is 25.3 Å². The van der Waals surface area contributed by atoms with E-state index in [1.807, 2.05) is 30.3 Å². The number of rotatable bonds is 8. The van der Waals surface area contributed by atoms with Gasteiger partial charge >= 0.3 is 11.9 Å². The fourth-order valence-corrected chi connectivity index (χ4v) is 1.63. The normalized spacial score (nSPS) is 11.7. The topological polar surface area (TPSA) is 64.6 Å². The second-order valence-electron chi connectivity index (χ2n) is 4.47. The van der Waals surface area contributed by atoms with Gasteiger partial charge in [0.2, 0.25) is 0 Å². The van der Waals surface area contributed by atoms with Crippen LogP contribution in [0.3, 0.4) is 0 Å². The number of nitrogens with one attached hydrogen (secondary N) is 1. The first-order chi connectivity index (χ1) is 9.61. The molecule has 0 radical (unpaired) electrons. The maximum atomic E-state index is 11.6. The SMILES string of the molecule is CN[C@@H](CCC(=O)OCc1ccccc1)COC(C)=O. The molecule has 0 saturated carbocycles. The Bertz CT molecular complexity index is 419. The van der Waals surface area contributed by atoms with Crippen LogP contribution >= 0.6 is 0 Å². The molecule has 0 aliphatic heterocycles. The predicted molar refractivity (Wildman–Crippen MR) is 75.0 cm³/mol. The van der Waals surface area contributed by atoms with Crippen molar-refractivity contribution >= 4 is 11.9 Å². The molecule has 0 fully saturated rings. The van der Waals surface area contributed by atoms with Crippen LogP contribution in [0.4, 0.5) is 0 Å². The molecule has 1 aromatic rings. The van der Waals surface area contributed by atoms with E-state index in [9.17, 15) is 9.59 Å². The predicted octanol–water partition coefficient (Wildman–Crippen LogP) is 1.66. The Morgan fingerprint density at radius 3 is 2.50 bits per heavy atom. The van der Waals surface area contributed by atoms with Crippen molar-refractivity contribution in [2.24, 2.45) is 0 Å². The van der Waals surface area contributed by atoms with Crippen molar-refractivity contribution in [3.8, 4) is 0 Å². The summed E-state index contributed by atoms with van der Waals surface area (Å²) in [5, 5.41) is 3.00. The van der Waals surface area contributed by atoms with Crippen LogP contribution in [0, 0.1) is 0 Å². The molecular formula is C15H21NO4. The Kier molecular flexibility index (Phi) is 7.35. The zero-order chi connectivity index (χ0) is 14.8. The van der Waals surface area contributed by atoms with Crippen LogP contribution in [0.2, 0.25) is 0 Å². The second-order valence-corrected chi connectivity index (χ2v) is 4.47. The average Bonchev–Trinajstić information content (AvgIpc) is 2.46. The highest BCUT2D eigenvalue weighted by Crippen LogP contribution is 2.04. The number of hydrogen-bond donors (Lipinski definition) is 1. The van der Waals surface area contributed by atoms with Gasteiger partial charge < -0.3 is 14.8 Å². The summed E-state index contributed by atoms with van der Waals surface area (Å²) in [6.45, 7) is 1.91. The van der Waals surface area contributed by atoms with Gasteiger partial charge in [-0.05, 0) is 19.0 Å². The summed E-state index contributed by atoms with van der Waals surface area (Å²) < 4.78 is 10.1. The molecule has 0 aliphatic rings. The lowest BCUT2D eigenvalue weighted by Crippen LogP contribution is -2.31. The van der Waals surface area contributed by atoms with Crippen molar-refractivity contribution in [2.45, 2.75) is 32.4 Å². The Morgan fingerprint density at radius 2 is 1.90 bits per heavy atom. The summed E-state index contributed by atoms with van der Waals surface area (Å²) in [5.74, 6) is -0.575. The van der Waals surface area contributed by atoms with Crippen molar-refractivity contribution in [2.75, 3.05) is 13.7 Å². The fraction of sp³-hybridized carbons (Fsp3) is 0.467. The third-order valence-corrected chi connectivity index (χ3v) is 2.84. The smallest absolute Gasteiger partial charge is 0.306 e. The molecule has 0 saturated heterocycles. The Morgan fingerprint density at radius 1 is 1.20 bits per heavy atom. The lowest BCUT2D eigenvalue weighted by molar-refractivity contribution is -0.145. The van der Waals surface area contributed by atoms with E-state index in [-0.39, 0.29) is 31.2 Å². The molecular weight excluding hydrogens is 258 g/mol. The van der Waals surface area contributed by atoms with Gasteiger partial charge in [-0.15, -0.1) is 0 Å². The first-order valence-corrected chi connectivity index (χ1v) is 6.62. The van der Waals surface area contributed by atoms with Crippen molar-refractivity contribution < 1.29 is 19.1 Å². The van der Waals surface area contributed by atoms with Crippen LogP contribution < -0.4 is 5.32 Å². The van der Waals surface area contributed by atoms with Crippen molar-refractivity contribution in [3.05, 3.63) is 35.9 Å². The van der Waals surface area contributed by atoms with Gasteiger partial charge in [0.1, 0.15) is 13.2 Å². The number of carbonyl (C=O) groups excluding carboxylic acids is 2. The minimum absolute atomic E-state index is 0.0387. The number of carbonyl (C=O) groups is 2. The summed E-state index contributed by atoms with van der Waals surface area (Å²) in [4.78, 5) is 22.3. The number of benzene rings is 1. The van der Waals surface area contributed by atoms with E-state index < -0.39 is 0 Å². The van der Waals surface area contributed by atoms with E-state index in [0.717, 1.165) is 5.56 Å². The van der Waals surface area contributed by atoms with Crippen molar-refractivity contribution in [1.82, 2.24) is 5.32 Å². The highest BCUT2D eigenvalue weighted by molar-refractivity contribution is 5.69. The van der Waals surface area contributed by atoms with Gasteiger partial charge in [-0.3, -0.25) is 9.59 Å². The van der Waals surface area contributed by atoms with Crippen LogP contribution in [0.25, 0.3) is 0 Å². The van der Waals surface area contributed by atoms with Crippen molar-refractivity contribution in [3.63, 3.8) is 0 Å². The van der Waals surface area contributed by atoms with Gasteiger partial charge in [0.15, 0.2) is 0 Å². The summed E-state index contributed by atoms with van der Waals surface area (Å²) in [6, 6.07) is 9.49. The van der Waals surface area contributed by atoms with Gasteiger partial charge in [-0.1, -0.05) is 30.3 Å². The molecule has 20 heavy (non-hydrogen) atoms. The van der Waals surface area contributed by atoms with E-state index in [4.69, 9.17) is 9.47 Å². The molecule has 5 heteroatoms. The lowest BCUT2D eigenvalue weighted by atomic mass is 10.1. The Hall–Kier alpha value is -1.88. The van der Waals surface area contributed by atoms with Crippen molar-refractivity contribution in [1.29, 1.82) is 0 Å². The van der Waals surface area contributed by atoms with E-state index in [1.54, 1.807) is 7.05 Å². The number of ether oxygens (including phenoxy) is 2. The molecule has 1 rings (SSSR count). The van der Waals surface area contributed by atoms with Crippen LogP contribution in [-0.2, 0) is 25.7 Å². The molecule has 0 bridgehead atoms. The van der Waals surface area contributed by atoms with Gasteiger partial charge in [0.25, 0.3) is 0 Å². The van der Waals surface area contributed by atoms with E-state index in [1.165, 1.54) is 6.92 Å². The van der Waals surface area contributed by atoms with Gasteiger partial charge in [0, 0.05) is 19.4 Å². The van der Waals surface area contributed by atoms with Crippen LogP contribution in [0.15, 0.2) is 30.3 Å². The van der Waals surface area contributed by atoms with E-state index in [2.05, 4.69) is 5.32 Å². The Balaban J connectivity index is 2.22. The molecule has 0 aliphatic carbocycles. The molecule has 1 aromatic carbocycles. The first kappa shape index (κ1) is 16.2. The minimum atomic E-state index is -0.322. The molecule has 1 N–H and O–H groups in total. The van der Waals surface area contributed by atoms with Gasteiger partial charge in [0.05, 0.1) is 0 Å². The molecule has 0 unspecified atom stereocenters. The maximum absolute atomic E-state index is 11.6. The number of hydrogen-bond acceptors (Lipinski definition) is 5. The summed E-state index contributed by atoms with van der Waals surface area (Å²) >= 11 is 0. The van der Waals surface area contributed by atoms with E-state index >= 15 is 0 Å². The molecule has 0 amide bonds. The largest absolute Gasteiger partial charge is 0.464 e. The number of esters is 2. The monoisotopic (exact) mass is 279 g/mol. The number of likely N-dealkylation sites (N-methyl/N-ethyl adjacent to an activating group) is 1. The van der Waals surface area contributed by atoms with E-state index in [0.29, 0.717) is 12.8 Å². The van der Waals surface area contributed by atoms with Gasteiger partial charge in [-0.25, -0.2) is 0 Å². The third-order valence-electron chi connectivity index (χ3n) is 2.84. The highest BCUT2D eigenvalue weighted by Gasteiger charge is 2.11. The average molecular weight is 279 g/mol. The molecule has 0 aromatic heterocycles. The third kappa shape index (κ3) is 6.89. The van der Waals surface area contributed by atoms with Gasteiger partial charge in [-0.2, -0.15) is 0 Å². The lowest BCUT2D eigenvalue weighted by Gasteiger charge is -2.15. The standard InChI is InChI=1S/C15H21NO4/c1-12(17)19-11-14(16-2)8-9-15(18)20-10-13-6-4-3-5-7-13/h3-7,14,16H,8-11H2,1-2H3/t14-/m0/s1. The molecule has 0 heterocycles. The zero-order valence-electron chi connectivity index (χ0n) is 11.9. The summed E-state index contributed by atoms with van der Waals surface area (Å²) in [5.41, 5.74) is 0.964. The fourth-order valence-electron chi connectivity index (χ4n) is 1.63. The van der Waals surface area contributed by atoms with Crippen LogP contribution in [0.5, 0.6) is 0 Å².